The van der Waals surface area contributed by atoms with Crippen molar-refractivity contribution in [2.45, 2.75) is 0 Å². The molecule has 37 valence electrons. The molecule has 0 fully saturated rings. The smallest absolute Gasteiger partial charge is 0 e. The Morgan fingerprint density at radius 2 is 0.833 bits per heavy atom. The number of halogens is 4. The van der Waals surface area contributed by atoms with Gasteiger partial charge in [-0.3, -0.25) is 0 Å². The van der Waals surface area contributed by atoms with Crippen LogP contribution in [0.1, 0.15) is 0 Å². The Labute approximate surface area is 60.4 Å². The summed E-state index contributed by atoms with van der Waals surface area (Å²) in [6.07, 6.45) is 0. The first-order valence-corrected chi connectivity index (χ1v) is 2.79. The number of hydrogen-bond donors (Lipinski definition) is 0. The number of hydrogen-bond acceptors (Lipinski definition) is 0. The van der Waals surface area contributed by atoms with Crippen LogP contribution in [0.4, 0.5) is 13.6 Å². The topological polar surface area (TPSA) is 0 Å². The van der Waals surface area contributed by atoms with Crippen LogP contribution in [-0.2, 0) is 16.0 Å². The van der Waals surface area contributed by atoms with Crippen molar-refractivity contribution in [2.75, 3.05) is 0 Å². The molecule has 0 atom stereocenters. The maximum atomic E-state index is 9.86. The van der Waals surface area contributed by atoms with Gasteiger partial charge in [-0.1, -0.05) is 0 Å². The molecule has 0 heterocycles. The van der Waals surface area contributed by atoms with Gasteiger partial charge in [-0.05, 0) is 0 Å². The molecule has 0 radical (unpaired) electrons. The van der Waals surface area contributed by atoms with Gasteiger partial charge in [0.25, 0.3) is 0 Å². The van der Waals surface area contributed by atoms with Gasteiger partial charge < -0.3 is 0 Å². The first kappa shape index (κ1) is 10.4. The normalized spacial score (nSPS) is 10.0. The second-order valence-electron chi connectivity index (χ2n) is 0.383. The predicted octanol–water partition coefficient (Wildman–Crippen LogP) is 1.68. The summed E-state index contributed by atoms with van der Waals surface area (Å²) >= 11 is -6.88. The third-order valence-electron chi connectivity index (χ3n) is 0. The Balaban J connectivity index is 0. The van der Waals surface area contributed by atoms with E-state index >= 15 is 0 Å². The molecule has 0 aliphatic rings. The van der Waals surface area contributed by atoms with E-state index in [0.29, 0.717) is 0 Å². The summed E-state index contributed by atoms with van der Waals surface area (Å²) in [5.41, 5.74) is 0. The van der Waals surface area contributed by atoms with E-state index in [9.17, 15) is 13.6 Å². The van der Waals surface area contributed by atoms with E-state index in [1.165, 1.54) is 0 Å². The molecule has 0 aromatic heterocycles. The quantitative estimate of drug-likeness (QED) is 0.574. The van der Waals surface area contributed by atoms with Gasteiger partial charge >= 0.3 is 29.6 Å². The zero-order valence-electron chi connectivity index (χ0n) is 2.46. The van der Waals surface area contributed by atoms with Gasteiger partial charge in [-0.25, -0.2) is 0 Å². The van der Waals surface area contributed by atoms with Gasteiger partial charge in [0.05, 0.1) is 0 Å². The summed E-state index contributed by atoms with van der Waals surface area (Å²) in [6, 6.07) is 0. The largest absolute Gasteiger partial charge is 0 e. The van der Waals surface area contributed by atoms with E-state index in [-0.39, 0.29) is 31.1 Å². The first-order chi connectivity index (χ1) is 2.00. The van der Waals surface area contributed by atoms with Crippen LogP contribution in [0.5, 0.6) is 0 Å². The Kier molecular flexibility index (Phi) is 5.82. The molecule has 0 bridgehead atoms. The SMILES string of the molecule is [F][V]([F])([F])[F].[U]. The minimum atomic E-state index is -6.88. The molecule has 6 heteroatoms. The van der Waals surface area contributed by atoms with Gasteiger partial charge in [0.1, 0.15) is 0 Å². The Morgan fingerprint density at radius 1 is 0.833 bits per heavy atom. The summed E-state index contributed by atoms with van der Waals surface area (Å²) in [4.78, 5) is 0. The molecule has 0 aliphatic heterocycles. The van der Waals surface area contributed by atoms with E-state index in [1.54, 1.807) is 0 Å². The molecule has 0 aliphatic carbocycles. The van der Waals surface area contributed by atoms with Gasteiger partial charge in [0.2, 0.25) is 0 Å². The second-order valence-corrected chi connectivity index (χ2v) is 1.58. The van der Waals surface area contributed by atoms with Crippen LogP contribution in [0, 0.1) is 31.1 Å². The molecule has 0 nitrogen and oxygen atoms in total. The van der Waals surface area contributed by atoms with Crippen LogP contribution < -0.4 is 0 Å². The van der Waals surface area contributed by atoms with E-state index in [4.69, 9.17) is 0 Å². The third kappa shape index (κ3) is 55.3. The standard InChI is InChI=1S/4FH.U.V/h4*1H;;/q;;;;;+4/p-4. The Hall–Kier alpha value is 1.36. The Bertz CT molecular complexity index is 23.0. The van der Waals surface area contributed by atoms with E-state index in [2.05, 4.69) is 0 Å². The van der Waals surface area contributed by atoms with Crippen molar-refractivity contribution < 1.29 is 60.7 Å². The molecule has 0 amide bonds. The number of rotatable bonds is 0. The average molecular weight is 365 g/mol. The van der Waals surface area contributed by atoms with Crippen molar-refractivity contribution in [1.29, 1.82) is 0 Å². The molecule has 6 heavy (non-hydrogen) atoms. The molecule has 0 spiro atoms. The first-order valence-electron chi connectivity index (χ1n) is 0.676. The molecule has 0 rings (SSSR count). The van der Waals surface area contributed by atoms with Gasteiger partial charge in [0.15, 0.2) is 0 Å². The fraction of sp³-hybridized carbons (Fsp3) is 0. The van der Waals surface area contributed by atoms with Crippen molar-refractivity contribution in [1.82, 2.24) is 0 Å². The maximum absolute atomic E-state index is 9.86. The molecular weight excluding hydrogens is 365 g/mol. The van der Waals surface area contributed by atoms with E-state index in [0.717, 1.165) is 0 Å². The summed E-state index contributed by atoms with van der Waals surface area (Å²) in [7, 11) is 0. The minimum Gasteiger partial charge on any atom is 0 e. The van der Waals surface area contributed by atoms with Crippen molar-refractivity contribution in [2.24, 2.45) is 0 Å². The maximum Gasteiger partial charge on any atom is 0 e. The summed E-state index contributed by atoms with van der Waals surface area (Å²) in [6.45, 7) is 0. The summed E-state index contributed by atoms with van der Waals surface area (Å²) < 4.78 is 39.4. The van der Waals surface area contributed by atoms with Crippen LogP contribution in [0.3, 0.4) is 0 Å². The molecular formula is F4UV. The molecule has 0 saturated heterocycles. The minimum absolute atomic E-state index is 0. The van der Waals surface area contributed by atoms with Crippen molar-refractivity contribution in [3.63, 3.8) is 0 Å². The van der Waals surface area contributed by atoms with Gasteiger partial charge in [0, 0.05) is 31.1 Å². The van der Waals surface area contributed by atoms with Crippen LogP contribution >= 0.6 is 0 Å². The fourth-order valence-corrected chi connectivity index (χ4v) is 0. The predicted molar refractivity (Wildman–Crippen MR) is 4.43 cm³/mol. The van der Waals surface area contributed by atoms with Gasteiger partial charge in [-0.15, -0.1) is 0 Å². The van der Waals surface area contributed by atoms with Crippen LogP contribution in [0.2, 0.25) is 0 Å². The zero-order valence-corrected chi connectivity index (χ0v) is 8.02. The van der Waals surface area contributed by atoms with Crippen molar-refractivity contribution >= 4 is 0 Å². The van der Waals surface area contributed by atoms with Crippen molar-refractivity contribution in [3.05, 3.63) is 0 Å². The summed E-state index contributed by atoms with van der Waals surface area (Å²) in [5.74, 6) is 0. The zero-order chi connectivity index (χ0) is 4.50. The van der Waals surface area contributed by atoms with Crippen molar-refractivity contribution in [3.8, 4) is 0 Å². The molecule has 0 aromatic carbocycles. The van der Waals surface area contributed by atoms with E-state index in [1.807, 2.05) is 0 Å². The average Bonchev–Trinajstić information content (AvgIpc) is 0.722. The molecule has 0 N–H and O–H groups in total. The molecule has 0 aromatic rings. The van der Waals surface area contributed by atoms with Crippen LogP contribution in [0.15, 0.2) is 0 Å². The Morgan fingerprint density at radius 3 is 0.833 bits per heavy atom. The van der Waals surface area contributed by atoms with Gasteiger partial charge in [-0.2, -0.15) is 0 Å². The second kappa shape index (κ2) is 3.37. The molecule has 0 unspecified atom stereocenters. The summed E-state index contributed by atoms with van der Waals surface area (Å²) in [5, 5.41) is 0. The fourth-order valence-electron chi connectivity index (χ4n) is 0. The van der Waals surface area contributed by atoms with Crippen LogP contribution in [0.25, 0.3) is 0 Å². The monoisotopic (exact) mass is 365 g/mol. The van der Waals surface area contributed by atoms with Crippen LogP contribution in [-0.4, -0.2) is 0 Å². The third-order valence-corrected chi connectivity index (χ3v) is 0. The van der Waals surface area contributed by atoms with E-state index < -0.39 is 16.0 Å². The molecule has 0 saturated carbocycles.